The Kier molecular flexibility index (Phi) is 3.36. The van der Waals surface area contributed by atoms with Gasteiger partial charge in [-0.15, -0.1) is 0 Å². The standard InChI is InChI=1S/C11H11BrN2O2/c12-9-3-1-7(2-4-9)11-8(6-15)5-10(16)13-14-11/h1-4,8,15H,5-6H2,(H,13,16). The van der Waals surface area contributed by atoms with E-state index in [0.717, 1.165) is 15.7 Å². The van der Waals surface area contributed by atoms with Crippen LogP contribution in [-0.4, -0.2) is 23.3 Å². The van der Waals surface area contributed by atoms with Gasteiger partial charge in [-0.1, -0.05) is 28.1 Å². The number of halogens is 1. The van der Waals surface area contributed by atoms with Crippen molar-refractivity contribution in [3.8, 4) is 0 Å². The zero-order valence-corrected chi connectivity index (χ0v) is 10.1. The highest BCUT2D eigenvalue weighted by atomic mass is 79.9. The molecule has 0 fully saturated rings. The van der Waals surface area contributed by atoms with Crippen LogP contribution in [0.25, 0.3) is 0 Å². The van der Waals surface area contributed by atoms with Crippen molar-refractivity contribution in [3.05, 3.63) is 34.3 Å². The maximum absolute atomic E-state index is 11.1. The lowest BCUT2D eigenvalue weighted by Gasteiger charge is -2.20. The Morgan fingerprint density at radius 3 is 2.75 bits per heavy atom. The van der Waals surface area contributed by atoms with E-state index in [1.807, 2.05) is 24.3 Å². The molecule has 0 spiro atoms. The van der Waals surface area contributed by atoms with Gasteiger partial charge in [0.25, 0.3) is 0 Å². The molecular formula is C11H11BrN2O2. The molecule has 0 saturated heterocycles. The zero-order valence-electron chi connectivity index (χ0n) is 8.48. The Hall–Kier alpha value is -1.20. The number of nitrogens with one attached hydrogen (secondary N) is 1. The Bertz CT molecular complexity index is 428. The van der Waals surface area contributed by atoms with Crippen molar-refractivity contribution in [2.45, 2.75) is 6.42 Å². The summed E-state index contributed by atoms with van der Waals surface area (Å²) in [5.74, 6) is -0.366. The van der Waals surface area contributed by atoms with E-state index in [0.29, 0.717) is 0 Å². The highest BCUT2D eigenvalue weighted by Gasteiger charge is 2.24. The molecule has 4 nitrogen and oxygen atoms in total. The molecule has 0 aromatic heterocycles. The van der Waals surface area contributed by atoms with Crippen molar-refractivity contribution in [2.75, 3.05) is 6.61 Å². The predicted molar refractivity (Wildman–Crippen MR) is 64.0 cm³/mol. The van der Waals surface area contributed by atoms with Gasteiger partial charge in [-0.3, -0.25) is 4.79 Å². The number of hydrogen-bond donors (Lipinski definition) is 2. The maximum Gasteiger partial charge on any atom is 0.240 e. The number of nitrogens with zero attached hydrogens (tertiary/aromatic N) is 1. The van der Waals surface area contributed by atoms with Crippen molar-refractivity contribution < 1.29 is 9.90 Å². The Balaban J connectivity index is 2.31. The highest BCUT2D eigenvalue weighted by Crippen LogP contribution is 2.18. The van der Waals surface area contributed by atoms with Gasteiger partial charge in [0.2, 0.25) is 5.91 Å². The number of aliphatic hydroxyl groups is 1. The molecule has 1 unspecified atom stereocenters. The number of carbonyl (C=O) groups excluding carboxylic acids is 1. The van der Waals surface area contributed by atoms with Crippen LogP contribution in [0.4, 0.5) is 0 Å². The van der Waals surface area contributed by atoms with E-state index in [-0.39, 0.29) is 24.9 Å². The molecule has 1 aliphatic rings. The summed E-state index contributed by atoms with van der Waals surface area (Å²) in [6.45, 7) is -0.0671. The van der Waals surface area contributed by atoms with Crippen LogP contribution in [0.5, 0.6) is 0 Å². The third-order valence-electron chi connectivity index (χ3n) is 2.48. The van der Waals surface area contributed by atoms with Gasteiger partial charge < -0.3 is 5.11 Å². The predicted octanol–water partition coefficient (Wildman–Crippen LogP) is 1.28. The van der Waals surface area contributed by atoms with E-state index in [1.54, 1.807) is 0 Å². The summed E-state index contributed by atoms with van der Waals surface area (Å²) in [6.07, 6.45) is 0.283. The first kappa shape index (κ1) is 11.3. The molecule has 2 rings (SSSR count). The first-order valence-corrected chi connectivity index (χ1v) is 5.73. The molecule has 1 heterocycles. The van der Waals surface area contributed by atoms with Gasteiger partial charge in [-0.2, -0.15) is 5.10 Å². The summed E-state index contributed by atoms with van der Waals surface area (Å²) in [5, 5.41) is 13.2. The first-order valence-electron chi connectivity index (χ1n) is 4.94. The number of hydrazone groups is 1. The minimum Gasteiger partial charge on any atom is -0.396 e. The minimum absolute atomic E-state index is 0.0671. The molecule has 1 aliphatic heterocycles. The molecular weight excluding hydrogens is 272 g/mol. The quantitative estimate of drug-likeness (QED) is 0.859. The minimum atomic E-state index is -0.213. The van der Waals surface area contributed by atoms with Gasteiger partial charge in [0.15, 0.2) is 0 Å². The van der Waals surface area contributed by atoms with Crippen molar-refractivity contribution in [1.82, 2.24) is 5.43 Å². The number of aliphatic hydroxyl groups excluding tert-OH is 1. The van der Waals surface area contributed by atoms with Crippen molar-refractivity contribution in [1.29, 1.82) is 0 Å². The molecule has 2 N–H and O–H groups in total. The number of rotatable bonds is 2. The van der Waals surface area contributed by atoms with E-state index in [2.05, 4.69) is 26.5 Å². The van der Waals surface area contributed by atoms with Crippen LogP contribution >= 0.6 is 15.9 Å². The summed E-state index contributed by atoms with van der Waals surface area (Å²) < 4.78 is 0.984. The molecule has 5 heteroatoms. The smallest absolute Gasteiger partial charge is 0.240 e. The Morgan fingerprint density at radius 1 is 1.44 bits per heavy atom. The second kappa shape index (κ2) is 4.76. The summed E-state index contributed by atoms with van der Waals surface area (Å²) in [6, 6.07) is 7.62. The van der Waals surface area contributed by atoms with Crippen LogP contribution in [0.3, 0.4) is 0 Å². The van der Waals surface area contributed by atoms with Gasteiger partial charge in [-0.05, 0) is 17.7 Å². The van der Waals surface area contributed by atoms with Gasteiger partial charge in [-0.25, -0.2) is 5.43 Å². The molecule has 0 radical (unpaired) electrons. The largest absolute Gasteiger partial charge is 0.396 e. The average molecular weight is 283 g/mol. The van der Waals surface area contributed by atoms with E-state index in [9.17, 15) is 9.90 Å². The van der Waals surface area contributed by atoms with Gasteiger partial charge >= 0.3 is 0 Å². The second-order valence-corrected chi connectivity index (χ2v) is 4.54. The van der Waals surface area contributed by atoms with Crippen LogP contribution in [0.2, 0.25) is 0 Å². The first-order chi connectivity index (χ1) is 7.70. The van der Waals surface area contributed by atoms with Crippen molar-refractivity contribution >= 4 is 27.5 Å². The Labute approximate surface area is 101 Å². The fraction of sp³-hybridized carbons (Fsp3) is 0.273. The molecule has 16 heavy (non-hydrogen) atoms. The monoisotopic (exact) mass is 282 g/mol. The summed E-state index contributed by atoms with van der Waals surface area (Å²) in [5.41, 5.74) is 4.09. The van der Waals surface area contributed by atoms with E-state index >= 15 is 0 Å². The second-order valence-electron chi connectivity index (χ2n) is 3.62. The number of amides is 1. The molecule has 84 valence electrons. The summed E-state index contributed by atoms with van der Waals surface area (Å²) in [7, 11) is 0. The van der Waals surface area contributed by atoms with Gasteiger partial charge in [0.1, 0.15) is 0 Å². The van der Waals surface area contributed by atoms with Crippen molar-refractivity contribution in [2.24, 2.45) is 11.0 Å². The fourth-order valence-electron chi connectivity index (χ4n) is 1.65. The molecule has 0 aliphatic carbocycles. The van der Waals surface area contributed by atoms with Crippen LogP contribution in [0.1, 0.15) is 12.0 Å². The maximum atomic E-state index is 11.1. The third kappa shape index (κ3) is 2.31. The molecule has 1 atom stereocenters. The fourth-order valence-corrected chi connectivity index (χ4v) is 1.92. The van der Waals surface area contributed by atoms with Crippen LogP contribution in [0.15, 0.2) is 33.8 Å². The number of hydrogen-bond acceptors (Lipinski definition) is 3. The summed E-state index contributed by atoms with van der Waals surface area (Å²) >= 11 is 3.35. The zero-order chi connectivity index (χ0) is 11.5. The van der Waals surface area contributed by atoms with Crippen LogP contribution < -0.4 is 5.43 Å². The lowest BCUT2D eigenvalue weighted by molar-refractivity contribution is -0.122. The number of benzene rings is 1. The SMILES string of the molecule is O=C1CC(CO)C(c2ccc(Br)cc2)=NN1. The lowest BCUT2D eigenvalue weighted by atomic mass is 9.93. The number of carbonyl (C=O) groups is 1. The van der Waals surface area contributed by atoms with Crippen LogP contribution in [-0.2, 0) is 4.79 Å². The molecule has 0 bridgehead atoms. The molecule has 1 amide bonds. The van der Waals surface area contributed by atoms with Crippen LogP contribution in [0, 0.1) is 5.92 Å². The molecule has 1 aromatic rings. The normalized spacial score (nSPS) is 20.2. The van der Waals surface area contributed by atoms with E-state index in [4.69, 9.17) is 0 Å². The molecule has 1 aromatic carbocycles. The van der Waals surface area contributed by atoms with Gasteiger partial charge in [0, 0.05) is 16.8 Å². The van der Waals surface area contributed by atoms with E-state index < -0.39 is 0 Å². The summed E-state index contributed by atoms with van der Waals surface area (Å²) in [4.78, 5) is 11.1. The topological polar surface area (TPSA) is 61.7 Å². The Morgan fingerprint density at radius 2 is 2.12 bits per heavy atom. The molecule has 0 saturated carbocycles. The van der Waals surface area contributed by atoms with E-state index in [1.165, 1.54) is 0 Å². The van der Waals surface area contributed by atoms with Crippen molar-refractivity contribution in [3.63, 3.8) is 0 Å². The van der Waals surface area contributed by atoms with Gasteiger partial charge in [0.05, 0.1) is 12.3 Å². The average Bonchev–Trinajstić information content (AvgIpc) is 2.30. The lowest BCUT2D eigenvalue weighted by Crippen LogP contribution is -2.35. The highest BCUT2D eigenvalue weighted by molar-refractivity contribution is 9.10. The third-order valence-corrected chi connectivity index (χ3v) is 3.01.